The van der Waals surface area contributed by atoms with E-state index in [2.05, 4.69) is 16.8 Å². The molecule has 1 aromatic heterocycles. The maximum atomic E-state index is 8.69. The second-order valence-corrected chi connectivity index (χ2v) is 4.54. The van der Waals surface area contributed by atoms with Crippen molar-refractivity contribution in [3.8, 4) is 6.07 Å². The van der Waals surface area contributed by atoms with Gasteiger partial charge in [-0.3, -0.25) is 0 Å². The molecule has 0 saturated carbocycles. The van der Waals surface area contributed by atoms with Gasteiger partial charge in [0.1, 0.15) is 11.8 Å². The van der Waals surface area contributed by atoms with Crippen LogP contribution in [0.4, 0.5) is 5.69 Å². The molecule has 3 nitrogen and oxygen atoms in total. The summed E-state index contributed by atoms with van der Waals surface area (Å²) in [5.41, 5.74) is 1.64. The number of nitrogens with zero attached hydrogens (tertiary/aromatic N) is 3. The van der Waals surface area contributed by atoms with E-state index in [1.54, 1.807) is 6.07 Å². The lowest BCUT2D eigenvalue weighted by atomic mass is 10.0. The number of hydrogen-bond acceptors (Lipinski definition) is 3. The van der Waals surface area contributed by atoms with Crippen LogP contribution < -0.4 is 4.90 Å². The van der Waals surface area contributed by atoms with Crippen LogP contribution in [0.1, 0.15) is 31.9 Å². The molecule has 0 N–H and O–H groups in total. The average Bonchev–Trinajstić information content (AvgIpc) is 2.54. The van der Waals surface area contributed by atoms with E-state index >= 15 is 0 Å². The topological polar surface area (TPSA) is 39.9 Å². The Kier molecular flexibility index (Phi) is 3.40. The first-order valence-corrected chi connectivity index (χ1v) is 5.90. The highest BCUT2D eigenvalue weighted by molar-refractivity contribution is 5.45. The third-order valence-corrected chi connectivity index (χ3v) is 3.24. The molecule has 1 unspecified atom stereocenters. The molecule has 1 aliphatic rings. The summed E-state index contributed by atoms with van der Waals surface area (Å²) in [5.74, 6) is 0.830. The molecule has 1 aromatic rings. The summed E-state index contributed by atoms with van der Waals surface area (Å²) in [5, 5.41) is 8.69. The molecule has 16 heavy (non-hydrogen) atoms. The largest absolute Gasteiger partial charge is 0.370 e. The lowest BCUT2D eigenvalue weighted by molar-refractivity contribution is 0.521. The van der Waals surface area contributed by atoms with Gasteiger partial charge in [-0.25, -0.2) is 4.98 Å². The van der Waals surface area contributed by atoms with Crippen molar-refractivity contribution in [2.24, 2.45) is 5.92 Å². The molecule has 0 bridgehead atoms. The SMILES string of the molecule is CC1CCCN(c2ccc(C#N)nc2)CC1. The normalized spacial score (nSPS) is 21.2. The molecule has 1 saturated heterocycles. The third-order valence-electron chi connectivity index (χ3n) is 3.24. The molecule has 0 aliphatic carbocycles. The molecule has 0 spiro atoms. The molecule has 0 amide bonds. The highest BCUT2D eigenvalue weighted by atomic mass is 15.1. The van der Waals surface area contributed by atoms with E-state index in [0.29, 0.717) is 5.69 Å². The summed E-state index contributed by atoms with van der Waals surface area (Å²) < 4.78 is 0. The van der Waals surface area contributed by atoms with Crippen molar-refractivity contribution < 1.29 is 0 Å². The Morgan fingerprint density at radius 2 is 2.25 bits per heavy atom. The van der Waals surface area contributed by atoms with Gasteiger partial charge in [-0.15, -0.1) is 0 Å². The second kappa shape index (κ2) is 4.98. The van der Waals surface area contributed by atoms with Crippen LogP contribution in [-0.2, 0) is 0 Å². The Balaban J connectivity index is 2.08. The zero-order chi connectivity index (χ0) is 11.4. The van der Waals surface area contributed by atoms with Crippen LogP contribution in [0.5, 0.6) is 0 Å². The van der Waals surface area contributed by atoms with Gasteiger partial charge in [-0.1, -0.05) is 6.92 Å². The summed E-state index contributed by atoms with van der Waals surface area (Å²) in [7, 11) is 0. The maximum Gasteiger partial charge on any atom is 0.140 e. The van der Waals surface area contributed by atoms with Crippen LogP contribution in [0.15, 0.2) is 18.3 Å². The number of aromatic nitrogens is 1. The number of hydrogen-bond donors (Lipinski definition) is 0. The number of nitriles is 1. The van der Waals surface area contributed by atoms with Crippen molar-refractivity contribution >= 4 is 5.69 Å². The van der Waals surface area contributed by atoms with E-state index in [-0.39, 0.29) is 0 Å². The van der Waals surface area contributed by atoms with Crippen molar-refractivity contribution in [1.82, 2.24) is 4.98 Å². The van der Waals surface area contributed by atoms with Gasteiger partial charge in [0.25, 0.3) is 0 Å². The predicted octanol–water partition coefficient (Wildman–Crippen LogP) is 2.58. The molecular formula is C13H17N3. The van der Waals surface area contributed by atoms with Crippen LogP contribution >= 0.6 is 0 Å². The standard InChI is InChI=1S/C13H17N3/c1-11-3-2-7-16(8-6-11)13-5-4-12(9-14)15-10-13/h4-5,10-11H,2-3,6-8H2,1H3. The zero-order valence-corrected chi connectivity index (χ0v) is 9.69. The predicted molar refractivity (Wildman–Crippen MR) is 64.2 cm³/mol. The Morgan fingerprint density at radius 1 is 1.38 bits per heavy atom. The van der Waals surface area contributed by atoms with Gasteiger partial charge in [0, 0.05) is 13.1 Å². The van der Waals surface area contributed by atoms with Crippen molar-refractivity contribution in [2.75, 3.05) is 18.0 Å². The second-order valence-electron chi connectivity index (χ2n) is 4.54. The number of rotatable bonds is 1. The van der Waals surface area contributed by atoms with E-state index in [1.165, 1.54) is 19.3 Å². The molecule has 1 fully saturated rings. The van der Waals surface area contributed by atoms with Gasteiger partial charge in [0.2, 0.25) is 0 Å². The lowest BCUT2D eigenvalue weighted by Gasteiger charge is -2.22. The maximum absolute atomic E-state index is 8.69. The summed E-state index contributed by atoms with van der Waals surface area (Å²) in [6, 6.07) is 5.84. The number of anilines is 1. The Labute approximate surface area is 96.7 Å². The van der Waals surface area contributed by atoms with Crippen molar-refractivity contribution in [3.05, 3.63) is 24.0 Å². The fraction of sp³-hybridized carbons (Fsp3) is 0.538. The Morgan fingerprint density at radius 3 is 2.94 bits per heavy atom. The Bertz CT molecular complexity index is 377. The van der Waals surface area contributed by atoms with Crippen LogP contribution in [0.25, 0.3) is 0 Å². The molecule has 3 heteroatoms. The summed E-state index contributed by atoms with van der Waals surface area (Å²) in [6.45, 7) is 4.53. The van der Waals surface area contributed by atoms with E-state index in [4.69, 9.17) is 5.26 Å². The zero-order valence-electron chi connectivity index (χ0n) is 9.69. The minimum atomic E-state index is 0.493. The molecular weight excluding hydrogens is 198 g/mol. The highest BCUT2D eigenvalue weighted by Gasteiger charge is 2.14. The molecule has 0 radical (unpaired) electrons. The van der Waals surface area contributed by atoms with Gasteiger partial charge in [0.15, 0.2) is 0 Å². The Hall–Kier alpha value is -1.56. The smallest absolute Gasteiger partial charge is 0.140 e. The monoisotopic (exact) mass is 215 g/mol. The van der Waals surface area contributed by atoms with Gasteiger partial charge in [-0.2, -0.15) is 5.26 Å². The van der Waals surface area contributed by atoms with Crippen molar-refractivity contribution in [3.63, 3.8) is 0 Å². The van der Waals surface area contributed by atoms with E-state index < -0.39 is 0 Å². The van der Waals surface area contributed by atoms with Crippen molar-refractivity contribution in [2.45, 2.75) is 26.2 Å². The minimum Gasteiger partial charge on any atom is -0.370 e. The quantitative estimate of drug-likeness (QED) is 0.723. The minimum absolute atomic E-state index is 0.493. The third kappa shape index (κ3) is 2.52. The molecule has 2 rings (SSSR count). The summed E-state index contributed by atoms with van der Waals surface area (Å²) in [4.78, 5) is 6.49. The van der Waals surface area contributed by atoms with Gasteiger partial charge in [0.05, 0.1) is 11.9 Å². The van der Waals surface area contributed by atoms with Gasteiger partial charge >= 0.3 is 0 Å². The van der Waals surface area contributed by atoms with Crippen molar-refractivity contribution in [1.29, 1.82) is 5.26 Å². The fourth-order valence-corrected chi connectivity index (χ4v) is 2.16. The molecule has 2 heterocycles. The molecule has 1 atom stereocenters. The summed E-state index contributed by atoms with van der Waals surface area (Å²) >= 11 is 0. The lowest BCUT2D eigenvalue weighted by Crippen LogP contribution is -2.24. The summed E-state index contributed by atoms with van der Waals surface area (Å²) in [6.07, 6.45) is 5.63. The van der Waals surface area contributed by atoms with E-state index in [1.807, 2.05) is 18.3 Å². The van der Waals surface area contributed by atoms with Crippen LogP contribution in [0.3, 0.4) is 0 Å². The first-order chi connectivity index (χ1) is 7.79. The first-order valence-electron chi connectivity index (χ1n) is 5.90. The molecule has 0 aromatic carbocycles. The van der Waals surface area contributed by atoms with Gasteiger partial charge < -0.3 is 4.90 Å². The van der Waals surface area contributed by atoms with Crippen LogP contribution in [-0.4, -0.2) is 18.1 Å². The highest BCUT2D eigenvalue weighted by Crippen LogP contribution is 2.21. The molecule has 84 valence electrons. The first kappa shape index (κ1) is 10.9. The average molecular weight is 215 g/mol. The van der Waals surface area contributed by atoms with Crippen LogP contribution in [0.2, 0.25) is 0 Å². The van der Waals surface area contributed by atoms with E-state index in [0.717, 1.165) is 24.7 Å². The number of pyridine rings is 1. The fourth-order valence-electron chi connectivity index (χ4n) is 2.16. The molecule has 1 aliphatic heterocycles. The van der Waals surface area contributed by atoms with Gasteiger partial charge in [-0.05, 0) is 37.3 Å². The van der Waals surface area contributed by atoms with E-state index in [9.17, 15) is 0 Å². The van der Waals surface area contributed by atoms with Crippen LogP contribution in [0, 0.1) is 17.2 Å².